The zero-order chi connectivity index (χ0) is 14.8. The summed E-state index contributed by atoms with van der Waals surface area (Å²) in [5.41, 5.74) is 1.71. The molecule has 1 aromatic carbocycles. The summed E-state index contributed by atoms with van der Waals surface area (Å²) in [5, 5.41) is 0. The Morgan fingerprint density at radius 3 is 2.55 bits per heavy atom. The lowest BCUT2D eigenvalue weighted by Crippen LogP contribution is -2.23. The molecule has 0 radical (unpaired) electrons. The SMILES string of the molecule is Cc1ccc(CNS(=O)(=O)c2ccc(Br)cc2Br)cn1. The lowest BCUT2D eigenvalue weighted by Gasteiger charge is -2.09. The smallest absolute Gasteiger partial charge is 0.241 e. The van der Waals surface area contributed by atoms with Crippen LogP contribution in [0.15, 0.2) is 50.4 Å². The first-order valence-electron chi connectivity index (χ1n) is 5.75. The number of pyridine rings is 1. The molecule has 0 aliphatic rings. The third kappa shape index (κ3) is 3.88. The Morgan fingerprint density at radius 2 is 1.95 bits per heavy atom. The topological polar surface area (TPSA) is 59.1 Å². The van der Waals surface area contributed by atoms with E-state index >= 15 is 0 Å². The van der Waals surface area contributed by atoms with E-state index < -0.39 is 10.0 Å². The molecule has 1 heterocycles. The molecule has 0 saturated heterocycles. The molecule has 2 aromatic rings. The van der Waals surface area contributed by atoms with Gasteiger partial charge >= 0.3 is 0 Å². The number of nitrogens with one attached hydrogen (secondary N) is 1. The van der Waals surface area contributed by atoms with Gasteiger partial charge in [-0.1, -0.05) is 22.0 Å². The molecule has 0 aliphatic heterocycles. The molecule has 0 aliphatic carbocycles. The second-order valence-electron chi connectivity index (χ2n) is 4.21. The summed E-state index contributed by atoms with van der Waals surface area (Å²) < 4.78 is 28.3. The summed E-state index contributed by atoms with van der Waals surface area (Å²) in [6.45, 7) is 2.09. The standard InChI is InChI=1S/C13H12Br2N2O2S/c1-9-2-3-10(7-16-9)8-17-20(18,19)13-5-4-11(14)6-12(13)15/h2-7,17H,8H2,1H3. The molecule has 0 saturated carbocycles. The van der Waals surface area contributed by atoms with Crippen LogP contribution in [-0.4, -0.2) is 13.4 Å². The highest BCUT2D eigenvalue weighted by Crippen LogP contribution is 2.25. The van der Waals surface area contributed by atoms with Crippen LogP contribution in [0.3, 0.4) is 0 Å². The molecule has 0 spiro atoms. The predicted octanol–water partition coefficient (Wildman–Crippen LogP) is 3.39. The number of nitrogens with zero attached hydrogens (tertiary/aromatic N) is 1. The van der Waals surface area contributed by atoms with Crippen molar-refractivity contribution in [1.29, 1.82) is 0 Å². The summed E-state index contributed by atoms with van der Waals surface area (Å²) in [6.07, 6.45) is 1.66. The first-order valence-corrected chi connectivity index (χ1v) is 8.82. The Labute approximate surface area is 134 Å². The van der Waals surface area contributed by atoms with E-state index in [1.54, 1.807) is 24.4 Å². The van der Waals surface area contributed by atoms with E-state index in [0.29, 0.717) is 4.47 Å². The number of hydrogen-bond acceptors (Lipinski definition) is 3. The van der Waals surface area contributed by atoms with Crippen LogP contribution in [0.5, 0.6) is 0 Å². The van der Waals surface area contributed by atoms with Crippen molar-refractivity contribution in [1.82, 2.24) is 9.71 Å². The maximum Gasteiger partial charge on any atom is 0.241 e. The summed E-state index contributed by atoms with van der Waals surface area (Å²) >= 11 is 6.55. The van der Waals surface area contributed by atoms with Crippen LogP contribution in [-0.2, 0) is 16.6 Å². The van der Waals surface area contributed by atoms with Crippen LogP contribution in [0, 0.1) is 6.92 Å². The van der Waals surface area contributed by atoms with Gasteiger partial charge in [0.1, 0.15) is 0 Å². The molecule has 106 valence electrons. The summed E-state index contributed by atoms with van der Waals surface area (Å²) in [4.78, 5) is 4.34. The van der Waals surface area contributed by atoms with Gasteiger partial charge in [0.15, 0.2) is 0 Å². The van der Waals surface area contributed by atoms with Gasteiger partial charge in [0.25, 0.3) is 0 Å². The van der Waals surface area contributed by atoms with Gasteiger partial charge in [0.2, 0.25) is 10.0 Å². The zero-order valence-electron chi connectivity index (χ0n) is 10.6. The molecule has 0 unspecified atom stereocenters. The quantitative estimate of drug-likeness (QED) is 0.826. The maximum absolute atomic E-state index is 12.2. The highest BCUT2D eigenvalue weighted by molar-refractivity contribution is 9.11. The van der Waals surface area contributed by atoms with Crippen molar-refractivity contribution in [3.8, 4) is 0 Å². The summed E-state index contributed by atoms with van der Waals surface area (Å²) in [7, 11) is -3.56. The van der Waals surface area contributed by atoms with Crippen molar-refractivity contribution >= 4 is 41.9 Å². The van der Waals surface area contributed by atoms with E-state index in [1.807, 2.05) is 19.1 Å². The van der Waals surface area contributed by atoms with Gasteiger partial charge in [-0.3, -0.25) is 4.98 Å². The summed E-state index contributed by atoms with van der Waals surface area (Å²) in [5.74, 6) is 0. The molecule has 0 atom stereocenters. The molecular formula is C13H12Br2N2O2S. The average Bonchev–Trinajstić information content (AvgIpc) is 2.37. The molecule has 0 fully saturated rings. The van der Waals surface area contributed by atoms with Crippen LogP contribution in [0.1, 0.15) is 11.3 Å². The Kier molecular flexibility index (Phi) is 4.95. The Balaban J connectivity index is 2.17. The predicted molar refractivity (Wildman–Crippen MR) is 84.8 cm³/mol. The number of sulfonamides is 1. The van der Waals surface area contributed by atoms with E-state index in [0.717, 1.165) is 15.7 Å². The zero-order valence-corrected chi connectivity index (χ0v) is 14.6. The minimum absolute atomic E-state index is 0.206. The first kappa shape index (κ1) is 15.6. The minimum atomic E-state index is -3.56. The minimum Gasteiger partial charge on any atom is -0.261 e. The van der Waals surface area contributed by atoms with Crippen molar-refractivity contribution in [2.24, 2.45) is 0 Å². The highest BCUT2D eigenvalue weighted by Gasteiger charge is 2.17. The second-order valence-corrected chi connectivity index (χ2v) is 7.71. The molecule has 2 rings (SSSR count). The number of halogens is 2. The normalized spacial score (nSPS) is 11.6. The van der Waals surface area contributed by atoms with Crippen LogP contribution >= 0.6 is 31.9 Å². The maximum atomic E-state index is 12.2. The van der Waals surface area contributed by atoms with Gasteiger partial charge in [0.05, 0.1) is 4.90 Å². The van der Waals surface area contributed by atoms with Crippen molar-refractivity contribution in [2.45, 2.75) is 18.4 Å². The molecule has 4 nitrogen and oxygen atoms in total. The molecule has 20 heavy (non-hydrogen) atoms. The molecule has 0 bridgehead atoms. The Hall–Kier alpha value is -0.760. The van der Waals surface area contributed by atoms with Crippen LogP contribution in [0.25, 0.3) is 0 Å². The van der Waals surface area contributed by atoms with Gasteiger partial charge in [-0.15, -0.1) is 0 Å². The number of hydrogen-bond donors (Lipinski definition) is 1. The fourth-order valence-corrected chi connectivity index (χ4v) is 4.31. The van der Waals surface area contributed by atoms with Crippen molar-refractivity contribution in [2.75, 3.05) is 0 Å². The largest absolute Gasteiger partial charge is 0.261 e. The monoisotopic (exact) mass is 418 g/mol. The number of aromatic nitrogens is 1. The van der Waals surface area contributed by atoms with Gasteiger partial charge in [0, 0.05) is 27.4 Å². The fraction of sp³-hybridized carbons (Fsp3) is 0.154. The average molecular weight is 420 g/mol. The lowest BCUT2D eigenvalue weighted by atomic mass is 10.2. The molecule has 7 heteroatoms. The van der Waals surface area contributed by atoms with Gasteiger partial charge in [-0.05, 0) is 52.7 Å². The van der Waals surface area contributed by atoms with Crippen LogP contribution < -0.4 is 4.72 Å². The third-order valence-corrected chi connectivity index (χ3v) is 5.49. The number of aryl methyl sites for hydroxylation is 1. The van der Waals surface area contributed by atoms with E-state index in [4.69, 9.17) is 0 Å². The Morgan fingerprint density at radius 1 is 1.20 bits per heavy atom. The van der Waals surface area contributed by atoms with Crippen LogP contribution in [0.4, 0.5) is 0 Å². The molecule has 1 aromatic heterocycles. The van der Waals surface area contributed by atoms with Crippen LogP contribution in [0.2, 0.25) is 0 Å². The number of benzene rings is 1. The van der Waals surface area contributed by atoms with E-state index in [1.165, 1.54) is 0 Å². The van der Waals surface area contributed by atoms with Crippen molar-refractivity contribution in [3.63, 3.8) is 0 Å². The molecule has 1 N–H and O–H groups in total. The number of rotatable bonds is 4. The van der Waals surface area contributed by atoms with Crippen molar-refractivity contribution in [3.05, 3.63) is 56.7 Å². The first-order chi connectivity index (χ1) is 9.38. The van der Waals surface area contributed by atoms with E-state index in [9.17, 15) is 8.42 Å². The van der Waals surface area contributed by atoms with E-state index in [-0.39, 0.29) is 11.4 Å². The molecule has 0 amide bonds. The van der Waals surface area contributed by atoms with Gasteiger partial charge in [-0.25, -0.2) is 13.1 Å². The molecular weight excluding hydrogens is 408 g/mol. The fourth-order valence-electron chi connectivity index (χ4n) is 1.55. The highest BCUT2D eigenvalue weighted by atomic mass is 79.9. The summed E-state index contributed by atoms with van der Waals surface area (Å²) in [6, 6.07) is 8.62. The van der Waals surface area contributed by atoms with Gasteiger partial charge < -0.3 is 0 Å². The van der Waals surface area contributed by atoms with E-state index in [2.05, 4.69) is 41.6 Å². The van der Waals surface area contributed by atoms with Crippen molar-refractivity contribution < 1.29 is 8.42 Å². The third-order valence-electron chi connectivity index (χ3n) is 2.62. The lowest BCUT2D eigenvalue weighted by molar-refractivity contribution is 0.580. The Bertz CT molecular complexity index is 716. The van der Waals surface area contributed by atoms with Gasteiger partial charge in [-0.2, -0.15) is 0 Å². The second kappa shape index (κ2) is 6.34.